The Morgan fingerprint density at radius 1 is 1.25 bits per heavy atom. The first kappa shape index (κ1) is 14.5. The second kappa shape index (κ2) is 7.03. The molecule has 0 aliphatic carbocycles. The second-order valence-corrected chi connectivity index (χ2v) is 4.69. The Balaban J connectivity index is 1.87. The van der Waals surface area contributed by atoms with Crippen molar-refractivity contribution in [3.63, 3.8) is 0 Å². The minimum absolute atomic E-state index is 0.475. The maximum Gasteiger partial charge on any atom is 0.119 e. The molecule has 2 aromatic rings. The van der Waals surface area contributed by atoms with Crippen LogP contribution in [0.2, 0.25) is 0 Å². The number of hydrogen-bond acceptors (Lipinski definition) is 4. The number of nitrogens with zero attached hydrogens (tertiary/aromatic N) is 1. The molecule has 1 atom stereocenters. The number of rotatable bonds is 6. The zero-order chi connectivity index (χ0) is 14.4. The number of pyridine rings is 1. The zero-order valence-corrected chi connectivity index (χ0v) is 11.8. The van der Waals surface area contributed by atoms with Gasteiger partial charge in [-0.3, -0.25) is 4.98 Å². The topological polar surface area (TPSA) is 54.4 Å². The fourth-order valence-corrected chi connectivity index (χ4v) is 2.00. The van der Waals surface area contributed by atoms with Gasteiger partial charge in [0.15, 0.2) is 0 Å². The molecule has 0 aliphatic heterocycles. The summed E-state index contributed by atoms with van der Waals surface area (Å²) in [6.07, 6.45) is -0.560. The van der Waals surface area contributed by atoms with Crippen LogP contribution in [0.3, 0.4) is 0 Å². The molecule has 0 radical (unpaired) electrons. The summed E-state index contributed by atoms with van der Waals surface area (Å²) in [5, 5.41) is 13.3. The highest BCUT2D eigenvalue weighted by atomic mass is 16.5. The number of ether oxygens (including phenoxy) is 1. The molecule has 2 N–H and O–H groups in total. The molecule has 106 valence electrons. The fraction of sp³-hybridized carbons (Fsp3) is 0.312. The van der Waals surface area contributed by atoms with Crippen molar-refractivity contribution in [3.8, 4) is 5.75 Å². The van der Waals surface area contributed by atoms with Crippen LogP contribution in [0.25, 0.3) is 0 Å². The van der Waals surface area contributed by atoms with Crippen LogP contribution >= 0.6 is 0 Å². The van der Waals surface area contributed by atoms with Gasteiger partial charge in [0.1, 0.15) is 5.75 Å². The minimum Gasteiger partial charge on any atom is -0.497 e. The predicted octanol–water partition coefficient (Wildman–Crippen LogP) is 2.22. The van der Waals surface area contributed by atoms with Crippen LogP contribution in [-0.4, -0.2) is 23.7 Å². The van der Waals surface area contributed by atoms with Crippen LogP contribution in [-0.2, 0) is 6.54 Å². The standard InChI is InChI=1S/C16H20N2O2/c1-12-5-3-7-14(18-12)10-17-11-16(19)13-6-4-8-15(9-13)20-2/h3-9,16-17,19H,10-11H2,1-2H3. The van der Waals surface area contributed by atoms with Gasteiger partial charge in [-0.05, 0) is 36.8 Å². The summed E-state index contributed by atoms with van der Waals surface area (Å²) in [4.78, 5) is 4.41. The second-order valence-electron chi connectivity index (χ2n) is 4.69. The highest BCUT2D eigenvalue weighted by Gasteiger charge is 2.08. The molecule has 1 aromatic heterocycles. The van der Waals surface area contributed by atoms with E-state index >= 15 is 0 Å². The van der Waals surface area contributed by atoms with E-state index in [1.54, 1.807) is 7.11 Å². The normalized spacial score (nSPS) is 12.2. The lowest BCUT2D eigenvalue weighted by Crippen LogP contribution is -2.21. The van der Waals surface area contributed by atoms with E-state index in [1.807, 2.05) is 49.4 Å². The average molecular weight is 272 g/mol. The number of aliphatic hydroxyl groups is 1. The Morgan fingerprint density at radius 3 is 2.80 bits per heavy atom. The average Bonchev–Trinajstić information content (AvgIpc) is 2.47. The van der Waals surface area contributed by atoms with Gasteiger partial charge in [-0.2, -0.15) is 0 Å². The maximum atomic E-state index is 10.1. The number of hydrogen-bond donors (Lipinski definition) is 2. The van der Waals surface area contributed by atoms with E-state index in [4.69, 9.17) is 4.74 Å². The quantitative estimate of drug-likeness (QED) is 0.846. The van der Waals surface area contributed by atoms with Crippen molar-refractivity contribution in [1.82, 2.24) is 10.3 Å². The largest absolute Gasteiger partial charge is 0.497 e. The Bertz CT molecular complexity index is 558. The smallest absolute Gasteiger partial charge is 0.119 e. The van der Waals surface area contributed by atoms with Gasteiger partial charge in [0.2, 0.25) is 0 Å². The summed E-state index contributed by atoms with van der Waals surface area (Å²) in [6, 6.07) is 13.4. The summed E-state index contributed by atoms with van der Waals surface area (Å²) in [5.74, 6) is 0.752. The van der Waals surface area contributed by atoms with Crippen molar-refractivity contribution in [3.05, 3.63) is 59.4 Å². The van der Waals surface area contributed by atoms with Crippen LogP contribution in [0.1, 0.15) is 23.1 Å². The van der Waals surface area contributed by atoms with Gasteiger partial charge in [-0.1, -0.05) is 18.2 Å². The van der Waals surface area contributed by atoms with Crippen LogP contribution < -0.4 is 10.1 Å². The molecule has 1 aromatic carbocycles. The number of aromatic nitrogens is 1. The molecule has 0 amide bonds. The number of nitrogens with one attached hydrogen (secondary N) is 1. The summed E-state index contributed by atoms with van der Waals surface area (Å²) < 4.78 is 5.15. The third-order valence-electron chi connectivity index (χ3n) is 3.07. The van der Waals surface area contributed by atoms with Gasteiger partial charge >= 0.3 is 0 Å². The molecule has 20 heavy (non-hydrogen) atoms. The number of aliphatic hydroxyl groups excluding tert-OH is 1. The molecule has 0 fully saturated rings. The zero-order valence-electron chi connectivity index (χ0n) is 11.8. The lowest BCUT2D eigenvalue weighted by atomic mass is 10.1. The van der Waals surface area contributed by atoms with Crippen molar-refractivity contribution in [2.24, 2.45) is 0 Å². The van der Waals surface area contributed by atoms with Crippen LogP contribution in [0.15, 0.2) is 42.5 Å². The van der Waals surface area contributed by atoms with Gasteiger partial charge in [0, 0.05) is 18.8 Å². The number of methoxy groups -OCH3 is 1. The van der Waals surface area contributed by atoms with Gasteiger partial charge in [0.25, 0.3) is 0 Å². The maximum absolute atomic E-state index is 10.1. The molecular weight excluding hydrogens is 252 g/mol. The highest BCUT2D eigenvalue weighted by Crippen LogP contribution is 2.18. The number of aryl methyl sites for hydroxylation is 1. The summed E-state index contributed by atoms with van der Waals surface area (Å²) in [5.41, 5.74) is 2.81. The van der Waals surface area contributed by atoms with Crippen LogP contribution in [0.4, 0.5) is 0 Å². The third kappa shape index (κ3) is 4.05. The van der Waals surface area contributed by atoms with Crippen molar-refractivity contribution >= 4 is 0 Å². The molecule has 4 nitrogen and oxygen atoms in total. The molecule has 0 spiro atoms. The van der Waals surface area contributed by atoms with Gasteiger partial charge in [-0.25, -0.2) is 0 Å². The first-order valence-electron chi connectivity index (χ1n) is 6.64. The van der Waals surface area contributed by atoms with Crippen LogP contribution in [0, 0.1) is 6.92 Å². The molecule has 1 unspecified atom stereocenters. The summed E-state index contributed by atoms with van der Waals surface area (Å²) >= 11 is 0. The van der Waals surface area contributed by atoms with E-state index < -0.39 is 6.10 Å². The van der Waals surface area contributed by atoms with E-state index in [0.717, 1.165) is 22.7 Å². The molecule has 4 heteroatoms. The monoisotopic (exact) mass is 272 g/mol. The molecule has 0 saturated carbocycles. The Kier molecular flexibility index (Phi) is 5.09. The fourth-order valence-electron chi connectivity index (χ4n) is 2.00. The third-order valence-corrected chi connectivity index (χ3v) is 3.07. The Hall–Kier alpha value is -1.91. The van der Waals surface area contributed by atoms with Gasteiger partial charge in [-0.15, -0.1) is 0 Å². The van der Waals surface area contributed by atoms with E-state index in [2.05, 4.69) is 10.3 Å². The molecule has 2 rings (SSSR count). The highest BCUT2D eigenvalue weighted by molar-refractivity contribution is 5.29. The lowest BCUT2D eigenvalue weighted by molar-refractivity contribution is 0.174. The lowest BCUT2D eigenvalue weighted by Gasteiger charge is -2.13. The first-order chi connectivity index (χ1) is 9.69. The Morgan fingerprint density at radius 2 is 2.05 bits per heavy atom. The van der Waals surface area contributed by atoms with E-state index in [-0.39, 0.29) is 0 Å². The SMILES string of the molecule is COc1cccc(C(O)CNCc2cccc(C)n2)c1. The van der Waals surface area contributed by atoms with E-state index in [9.17, 15) is 5.11 Å². The van der Waals surface area contributed by atoms with E-state index in [0.29, 0.717) is 13.1 Å². The van der Waals surface area contributed by atoms with Gasteiger partial charge < -0.3 is 15.2 Å². The van der Waals surface area contributed by atoms with Crippen molar-refractivity contribution < 1.29 is 9.84 Å². The van der Waals surface area contributed by atoms with Crippen molar-refractivity contribution in [1.29, 1.82) is 0 Å². The molecule has 0 aliphatic rings. The molecular formula is C16H20N2O2. The Labute approximate surface area is 119 Å². The van der Waals surface area contributed by atoms with Crippen molar-refractivity contribution in [2.75, 3.05) is 13.7 Å². The van der Waals surface area contributed by atoms with Gasteiger partial charge in [0.05, 0.1) is 18.9 Å². The summed E-state index contributed by atoms with van der Waals surface area (Å²) in [6.45, 7) is 3.08. The first-order valence-corrected chi connectivity index (χ1v) is 6.64. The number of benzene rings is 1. The minimum atomic E-state index is -0.560. The molecule has 0 saturated heterocycles. The molecule has 1 heterocycles. The van der Waals surface area contributed by atoms with Crippen molar-refractivity contribution in [2.45, 2.75) is 19.6 Å². The van der Waals surface area contributed by atoms with E-state index in [1.165, 1.54) is 0 Å². The predicted molar refractivity (Wildman–Crippen MR) is 78.6 cm³/mol. The summed E-state index contributed by atoms with van der Waals surface area (Å²) in [7, 11) is 1.62. The van der Waals surface area contributed by atoms with Crippen LogP contribution in [0.5, 0.6) is 5.75 Å². The molecule has 0 bridgehead atoms.